The second kappa shape index (κ2) is 4.70. The van der Waals surface area contributed by atoms with E-state index >= 15 is 0 Å². The highest BCUT2D eigenvalue weighted by molar-refractivity contribution is 6.05. The Labute approximate surface area is 101 Å². The van der Waals surface area contributed by atoms with Gasteiger partial charge in [-0.15, -0.1) is 5.10 Å². The van der Waals surface area contributed by atoms with E-state index < -0.39 is 11.7 Å². The van der Waals surface area contributed by atoms with Gasteiger partial charge in [-0.1, -0.05) is 0 Å². The fraction of sp³-hybridized carbons (Fsp3) is 0.100. The fourth-order valence-corrected chi connectivity index (χ4v) is 1.26. The molecule has 1 heterocycles. The number of benzene rings is 1. The van der Waals surface area contributed by atoms with Crippen molar-refractivity contribution in [2.24, 2.45) is 0 Å². The third kappa shape index (κ3) is 2.37. The molecule has 0 aliphatic rings. The summed E-state index contributed by atoms with van der Waals surface area (Å²) in [5.74, 6) is -1.65. The Balaban J connectivity index is 2.19. The number of aromatic nitrogens is 3. The number of phenols is 1. The molecule has 1 aromatic heterocycles. The number of hydrogen-bond acceptors (Lipinski definition) is 5. The summed E-state index contributed by atoms with van der Waals surface area (Å²) < 4.78 is 17.7. The second-order valence-electron chi connectivity index (χ2n) is 3.29. The van der Waals surface area contributed by atoms with Crippen molar-refractivity contribution in [2.75, 3.05) is 12.4 Å². The summed E-state index contributed by atoms with van der Waals surface area (Å²) in [7, 11) is 1.37. The number of ether oxygens (including phenoxy) is 1. The van der Waals surface area contributed by atoms with E-state index in [-0.39, 0.29) is 23.3 Å². The quantitative estimate of drug-likeness (QED) is 0.753. The molecule has 2 aromatic rings. The summed E-state index contributed by atoms with van der Waals surface area (Å²) in [5, 5.41) is 17.8. The Hall–Kier alpha value is -2.64. The number of nitrogens with zero attached hydrogens (tertiary/aromatic N) is 2. The summed E-state index contributed by atoms with van der Waals surface area (Å²) in [6.07, 6.45) is 0. The summed E-state index contributed by atoms with van der Waals surface area (Å²) in [6.45, 7) is 0. The summed E-state index contributed by atoms with van der Waals surface area (Å²) >= 11 is 0. The maximum absolute atomic E-state index is 13.0. The normalized spacial score (nSPS) is 10.1. The lowest BCUT2D eigenvalue weighted by molar-refractivity contribution is 0.102. The molecule has 0 aliphatic carbocycles. The monoisotopic (exact) mass is 252 g/mol. The van der Waals surface area contributed by atoms with Crippen LogP contribution in [0.15, 0.2) is 18.2 Å². The molecule has 8 heteroatoms. The minimum atomic E-state index is -0.717. The molecule has 0 fully saturated rings. The van der Waals surface area contributed by atoms with Gasteiger partial charge < -0.3 is 9.84 Å². The topological polar surface area (TPSA) is 100 Å². The Morgan fingerprint density at radius 1 is 1.56 bits per heavy atom. The van der Waals surface area contributed by atoms with Crippen LogP contribution in [-0.4, -0.2) is 33.3 Å². The lowest BCUT2D eigenvalue weighted by atomic mass is 10.2. The number of aromatic amines is 1. The van der Waals surface area contributed by atoms with Crippen molar-refractivity contribution in [1.29, 1.82) is 0 Å². The van der Waals surface area contributed by atoms with Gasteiger partial charge in [-0.05, 0) is 18.2 Å². The van der Waals surface area contributed by atoms with Gasteiger partial charge in [0.1, 0.15) is 11.6 Å². The first-order valence-electron chi connectivity index (χ1n) is 4.86. The van der Waals surface area contributed by atoms with Gasteiger partial charge in [-0.2, -0.15) is 4.98 Å². The Morgan fingerprint density at radius 3 is 3.00 bits per heavy atom. The highest BCUT2D eigenvalue weighted by Gasteiger charge is 2.14. The Kier molecular flexibility index (Phi) is 3.09. The maximum atomic E-state index is 13.0. The number of aromatic hydroxyl groups is 1. The Bertz CT molecular complexity index is 584. The first-order chi connectivity index (χ1) is 8.60. The van der Waals surface area contributed by atoms with Gasteiger partial charge in [0.15, 0.2) is 0 Å². The zero-order valence-corrected chi connectivity index (χ0v) is 9.27. The zero-order valence-electron chi connectivity index (χ0n) is 9.27. The minimum Gasteiger partial charge on any atom is -0.507 e. The molecule has 3 N–H and O–H groups in total. The smallest absolute Gasteiger partial charge is 0.336 e. The number of hydrogen-bond donors (Lipinski definition) is 3. The van der Waals surface area contributed by atoms with E-state index in [4.69, 9.17) is 4.74 Å². The maximum Gasteiger partial charge on any atom is 0.336 e. The van der Waals surface area contributed by atoms with Crippen molar-refractivity contribution in [3.05, 3.63) is 29.6 Å². The van der Waals surface area contributed by atoms with Crippen molar-refractivity contribution in [3.63, 3.8) is 0 Å². The van der Waals surface area contributed by atoms with E-state index in [9.17, 15) is 14.3 Å². The molecule has 94 valence electrons. The number of rotatable bonds is 3. The van der Waals surface area contributed by atoms with E-state index in [2.05, 4.69) is 20.5 Å². The number of methoxy groups -OCH3 is 1. The van der Waals surface area contributed by atoms with Gasteiger partial charge >= 0.3 is 6.01 Å². The summed E-state index contributed by atoms with van der Waals surface area (Å²) in [6, 6.07) is 3.10. The molecule has 1 amide bonds. The molecule has 0 radical (unpaired) electrons. The molecule has 0 bridgehead atoms. The van der Waals surface area contributed by atoms with E-state index in [0.29, 0.717) is 0 Å². The van der Waals surface area contributed by atoms with Crippen molar-refractivity contribution >= 4 is 11.9 Å². The molecule has 0 aliphatic heterocycles. The van der Waals surface area contributed by atoms with Gasteiger partial charge in [-0.25, -0.2) is 9.49 Å². The lowest BCUT2D eigenvalue weighted by Crippen LogP contribution is -2.13. The van der Waals surface area contributed by atoms with Crippen LogP contribution in [0.25, 0.3) is 0 Å². The molecule has 7 nitrogen and oxygen atoms in total. The predicted octanol–water partition coefficient (Wildman–Crippen LogP) is 0.910. The summed E-state index contributed by atoms with van der Waals surface area (Å²) in [5.41, 5.74) is -0.203. The average Bonchev–Trinajstić information content (AvgIpc) is 2.80. The van der Waals surface area contributed by atoms with Crippen LogP contribution < -0.4 is 10.1 Å². The van der Waals surface area contributed by atoms with E-state index in [1.165, 1.54) is 7.11 Å². The number of anilines is 1. The van der Waals surface area contributed by atoms with Crippen LogP contribution in [0.2, 0.25) is 0 Å². The van der Waals surface area contributed by atoms with Crippen LogP contribution in [0.5, 0.6) is 11.8 Å². The molecular weight excluding hydrogens is 243 g/mol. The minimum absolute atomic E-state index is 0.0283. The van der Waals surface area contributed by atoms with Crippen molar-refractivity contribution < 1.29 is 19.0 Å². The van der Waals surface area contributed by atoms with E-state index in [1.54, 1.807) is 0 Å². The van der Waals surface area contributed by atoms with Gasteiger partial charge in [0.05, 0.1) is 12.7 Å². The van der Waals surface area contributed by atoms with Gasteiger partial charge in [-0.3, -0.25) is 10.1 Å². The number of nitrogens with one attached hydrogen (secondary N) is 2. The van der Waals surface area contributed by atoms with Crippen molar-refractivity contribution in [3.8, 4) is 11.8 Å². The van der Waals surface area contributed by atoms with E-state index in [1.807, 2.05) is 0 Å². The SMILES string of the molecule is COc1n[nH]c(NC(=O)c2cc(F)ccc2O)n1. The number of H-pyrrole nitrogens is 1. The molecule has 18 heavy (non-hydrogen) atoms. The van der Waals surface area contributed by atoms with Crippen LogP contribution >= 0.6 is 0 Å². The first kappa shape index (κ1) is 11.8. The lowest BCUT2D eigenvalue weighted by Gasteiger charge is -2.03. The zero-order chi connectivity index (χ0) is 13.1. The molecule has 0 spiro atoms. The summed E-state index contributed by atoms with van der Waals surface area (Å²) in [4.78, 5) is 15.5. The van der Waals surface area contributed by atoms with Gasteiger partial charge in [0.2, 0.25) is 5.95 Å². The van der Waals surface area contributed by atoms with Crippen LogP contribution in [0.3, 0.4) is 0 Å². The van der Waals surface area contributed by atoms with Crippen LogP contribution in [0.4, 0.5) is 10.3 Å². The highest BCUT2D eigenvalue weighted by atomic mass is 19.1. The number of carbonyl (C=O) groups excluding carboxylic acids is 1. The molecule has 0 saturated carbocycles. The van der Waals surface area contributed by atoms with Crippen LogP contribution in [0.1, 0.15) is 10.4 Å². The highest BCUT2D eigenvalue weighted by Crippen LogP contribution is 2.19. The predicted molar refractivity (Wildman–Crippen MR) is 59.0 cm³/mol. The molecule has 1 aromatic carbocycles. The number of phenolic OH excluding ortho intramolecular Hbond substituents is 1. The molecule has 2 rings (SSSR count). The molecular formula is C10H9FN4O3. The third-order valence-electron chi connectivity index (χ3n) is 2.08. The first-order valence-corrected chi connectivity index (χ1v) is 4.86. The largest absolute Gasteiger partial charge is 0.507 e. The van der Waals surface area contributed by atoms with Crippen molar-refractivity contribution in [1.82, 2.24) is 15.2 Å². The van der Waals surface area contributed by atoms with Gasteiger partial charge in [0, 0.05) is 0 Å². The average molecular weight is 252 g/mol. The van der Waals surface area contributed by atoms with Crippen molar-refractivity contribution in [2.45, 2.75) is 0 Å². The fourth-order valence-electron chi connectivity index (χ4n) is 1.26. The van der Waals surface area contributed by atoms with Crippen LogP contribution in [0, 0.1) is 5.82 Å². The standard InChI is InChI=1S/C10H9FN4O3/c1-18-10-13-9(14-15-10)12-8(17)6-4-5(11)2-3-7(6)16/h2-4,16H,1H3,(H2,12,13,14,15,17). The molecule has 0 saturated heterocycles. The number of amides is 1. The number of halogens is 1. The van der Waals surface area contributed by atoms with Crippen LogP contribution in [-0.2, 0) is 0 Å². The second-order valence-corrected chi connectivity index (χ2v) is 3.29. The Morgan fingerprint density at radius 2 is 2.33 bits per heavy atom. The number of carbonyl (C=O) groups is 1. The molecule has 0 unspecified atom stereocenters. The molecule has 0 atom stereocenters. The van der Waals surface area contributed by atoms with Gasteiger partial charge in [0.25, 0.3) is 5.91 Å². The van der Waals surface area contributed by atoms with E-state index in [0.717, 1.165) is 18.2 Å². The third-order valence-corrected chi connectivity index (χ3v) is 2.08.